The molecule has 1 aromatic heterocycles. The Hall–Kier alpha value is -1.99. The molecule has 0 saturated heterocycles. The van der Waals surface area contributed by atoms with Crippen molar-refractivity contribution in [2.45, 2.75) is 18.2 Å². The van der Waals surface area contributed by atoms with E-state index in [1.54, 1.807) is 18.5 Å². The first-order valence-corrected chi connectivity index (χ1v) is 7.82. The molecule has 0 aliphatic heterocycles. The maximum absolute atomic E-state index is 13.3. The van der Waals surface area contributed by atoms with Gasteiger partial charge in [0, 0.05) is 18.9 Å². The van der Waals surface area contributed by atoms with E-state index in [0.717, 1.165) is 17.7 Å². The highest BCUT2D eigenvalue weighted by molar-refractivity contribution is 7.89. The molecule has 0 aliphatic carbocycles. The largest absolute Gasteiger partial charge is 0.396 e. The molecule has 0 aliphatic rings. The zero-order valence-electron chi connectivity index (χ0n) is 11.5. The number of nitrogen functional groups attached to an aromatic ring is 1. The van der Waals surface area contributed by atoms with Crippen molar-refractivity contribution in [2.24, 2.45) is 0 Å². The fraction of sp³-hybridized carbons (Fsp3) is 0.214. The molecule has 0 spiro atoms. The predicted molar refractivity (Wildman–Crippen MR) is 78.7 cm³/mol. The maximum Gasteiger partial charge on any atom is 0.240 e. The number of nitrogens with zero attached hydrogens (tertiary/aromatic N) is 1. The number of rotatable bonds is 5. The summed E-state index contributed by atoms with van der Waals surface area (Å²) < 4.78 is 40.2. The van der Waals surface area contributed by atoms with E-state index in [4.69, 9.17) is 5.73 Å². The highest BCUT2D eigenvalue weighted by Crippen LogP contribution is 2.21. The van der Waals surface area contributed by atoms with Crippen molar-refractivity contribution in [2.75, 3.05) is 12.3 Å². The standard InChI is InChI=1S/C14H16FN3O2S/c1-10-7-12(15)13(16)8-14(10)21(19,20)18-6-4-11-3-2-5-17-9-11/h2-3,5,7-9,18H,4,6,16H2,1H3. The number of aryl methyl sites for hydroxylation is 1. The fourth-order valence-electron chi connectivity index (χ4n) is 1.91. The number of aromatic nitrogens is 1. The summed E-state index contributed by atoms with van der Waals surface area (Å²) >= 11 is 0. The Bertz CT molecular complexity index is 733. The second kappa shape index (κ2) is 6.19. The van der Waals surface area contributed by atoms with Gasteiger partial charge in [0.1, 0.15) is 5.82 Å². The number of hydrogen-bond acceptors (Lipinski definition) is 4. The second-order valence-electron chi connectivity index (χ2n) is 4.65. The molecule has 0 radical (unpaired) electrons. The van der Waals surface area contributed by atoms with Crippen LogP contribution in [-0.2, 0) is 16.4 Å². The van der Waals surface area contributed by atoms with Crippen molar-refractivity contribution in [3.05, 3.63) is 53.6 Å². The van der Waals surface area contributed by atoms with E-state index in [9.17, 15) is 12.8 Å². The summed E-state index contributed by atoms with van der Waals surface area (Å²) in [6.45, 7) is 1.75. The van der Waals surface area contributed by atoms with Crippen LogP contribution in [0, 0.1) is 12.7 Å². The van der Waals surface area contributed by atoms with Crippen LogP contribution in [0.25, 0.3) is 0 Å². The van der Waals surface area contributed by atoms with Crippen LogP contribution in [0.5, 0.6) is 0 Å². The van der Waals surface area contributed by atoms with E-state index in [0.29, 0.717) is 12.0 Å². The van der Waals surface area contributed by atoms with Gasteiger partial charge in [-0.25, -0.2) is 17.5 Å². The number of halogens is 1. The molecule has 0 saturated carbocycles. The summed E-state index contributed by atoms with van der Waals surface area (Å²) in [6.07, 6.45) is 3.84. The Morgan fingerprint density at radius 1 is 1.38 bits per heavy atom. The van der Waals surface area contributed by atoms with Crippen molar-refractivity contribution in [1.29, 1.82) is 0 Å². The van der Waals surface area contributed by atoms with Gasteiger partial charge < -0.3 is 5.73 Å². The Balaban J connectivity index is 2.10. The fourth-order valence-corrected chi connectivity index (χ4v) is 3.20. The van der Waals surface area contributed by atoms with Crippen LogP contribution in [0.2, 0.25) is 0 Å². The molecule has 1 aromatic carbocycles. The Labute approximate surface area is 123 Å². The molecule has 2 rings (SSSR count). The van der Waals surface area contributed by atoms with Crippen LogP contribution in [0.1, 0.15) is 11.1 Å². The number of pyridine rings is 1. The summed E-state index contributed by atoms with van der Waals surface area (Å²) in [6, 6.07) is 5.90. The Kier molecular flexibility index (Phi) is 4.54. The van der Waals surface area contributed by atoms with E-state index in [1.165, 1.54) is 6.92 Å². The average Bonchev–Trinajstić information content (AvgIpc) is 2.43. The molecule has 0 atom stereocenters. The quantitative estimate of drug-likeness (QED) is 0.822. The highest BCUT2D eigenvalue weighted by atomic mass is 32.2. The lowest BCUT2D eigenvalue weighted by Gasteiger charge is -2.10. The van der Waals surface area contributed by atoms with Crippen LogP contribution >= 0.6 is 0 Å². The molecular weight excluding hydrogens is 293 g/mol. The van der Waals surface area contributed by atoms with E-state index in [1.807, 2.05) is 6.07 Å². The van der Waals surface area contributed by atoms with Crippen LogP contribution in [0.15, 0.2) is 41.6 Å². The average molecular weight is 309 g/mol. The van der Waals surface area contributed by atoms with Crippen molar-refractivity contribution in [3.8, 4) is 0 Å². The zero-order chi connectivity index (χ0) is 15.5. The van der Waals surface area contributed by atoms with Gasteiger partial charge in [0.25, 0.3) is 0 Å². The van der Waals surface area contributed by atoms with Gasteiger partial charge in [-0.1, -0.05) is 6.07 Å². The van der Waals surface area contributed by atoms with E-state index in [-0.39, 0.29) is 17.1 Å². The molecule has 1 heterocycles. The molecule has 0 amide bonds. The monoisotopic (exact) mass is 309 g/mol. The smallest absolute Gasteiger partial charge is 0.240 e. The van der Waals surface area contributed by atoms with Crippen molar-refractivity contribution in [1.82, 2.24) is 9.71 Å². The second-order valence-corrected chi connectivity index (χ2v) is 6.38. The normalized spacial score (nSPS) is 11.5. The number of benzene rings is 1. The lowest BCUT2D eigenvalue weighted by atomic mass is 10.2. The third-order valence-electron chi connectivity index (χ3n) is 3.01. The molecule has 21 heavy (non-hydrogen) atoms. The summed E-state index contributed by atoms with van der Waals surface area (Å²) in [5.41, 5.74) is 6.49. The van der Waals surface area contributed by atoms with Crippen LogP contribution < -0.4 is 10.5 Å². The first-order chi connectivity index (χ1) is 9.90. The van der Waals surface area contributed by atoms with Gasteiger partial charge in [-0.05, 0) is 42.7 Å². The maximum atomic E-state index is 13.3. The van der Waals surface area contributed by atoms with E-state index in [2.05, 4.69) is 9.71 Å². The molecule has 2 aromatic rings. The van der Waals surface area contributed by atoms with Crippen LogP contribution in [0.3, 0.4) is 0 Å². The van der Waals surface area contributed by atoms with Crippen molar-refractivity contribution in [3.63, 3.8) is 0 Å². The van der Waals surface area contributed by atoms with Gasteiger partial charge in [-0.3, -0.25) is 4.98 Å². The number of nitrogens with two attached hydrogens (primary N) is 1. The Morgan fingerprint density at radius 3 is 2.81 bits per heavy atom. The molecule has 3 N–H and O–H groups in total. The van der Waals surface area contributed by atoms with Gasteiger partial charge in [0.05, 0.1) is 10.6 Å². The highest BCUT2D eigenvalue weighted by Gasteiger charge is 2.18. The van der Waals surface area contributed by atoms with Crippen molar-refractivity contribution >= 4 is 15.7 Å². The summed E-state index contributed by atoms with van der Waals surface area (Å²) in [5, 5.41) is 0. The third-order valence-corrected chi connectivity index (χ3v) is 4.62. The minimum Gasteiger partial charge on any atom is -0.396 e. The minimum absolute atomic E-state index is 0.00686. The summed E-state index contributed by atoms with van der Waals surface area (Å²) in [4.78, 5) is 3.95. The molecule has 7 heteroatoms. The van der Waals surface area contributed by atoms with Gasteiger partial charge in [0.15, 0.2) is 0 Å². The zero-order valence-corrected chi connectivity index (χ0v) is 12.3. The first kappa shape index (κ1) is 15.4. The topological polar surface area (TPSA) is 85.1 Å². The Morgan fingerprint density at radius 2 is 2.14 bits per heavy atom. The lowest BCUT2D eigenvalue weighted by molar-refractivity contribution is 0.580. The molecule has 0 bridgehead atoms. The number of nitrogens with one attached hydrogen (secondary N) is 1. The lowest BCUT2D eigenvalue weighted by Crippen LogP contribution is -2.26. The summed E-state index contributed by atoms with van der Waals surface area (Å²) in [7, 11) is -3.72. The molecule has 5 nitrogen and oxygen atoms in total. The van der Waals surface area contributed by atoms with Crippen molar-refractivity contribution < 1.29 is 12.8 Å². The van der Waals surface area contributed by atoms with E-state index >= 15 is 0 Å². The molecule has 0 unspecified atom stereocenters. The number of anilines is 1. The third kappa shape index (κ3) is 3.77. The first-order valence-electron chi connectivity index (χ1n) is 6.34. The molecule has 0 fully saturated rings. The van der Waals surface area contributed by atoms with Gasteiger partial charge in [-0.15, -0.1) is 0 Å². The van der Waals surface area contributed by atoms with Crippen LogP contribution in [-0.4, -0.2) is 19.9 Å². The van der Waals surface area contributed by atoms with E-state index < -0.39 is 15.8 Å². The summed E-state index contributed by atoms with van der Waals surface area (Å²) in [5.74, 6) is -0.623. The minimum atomic E-state index is -3.72. The number of hydrogen-bond donors (Lipinski definition) is 2. The predicted octanol–water partition coefficient (Wildman–Crippen LogP) is 1.63. The van der Waals surface area contributed by atoms with Gasteiger partial charge in [-0.2, -0.15) is 0 Å². The van der Waals surface area contributed by atoms with Gasteiger partial charge >= 0.3 is 0 Å². The number of sulfonamides is 1. The molecule has 112 valence electrons. The SMILES string of the molecule is Cc1cc(F)c(N)cc1S(=O)(=O)NCCc1cccnc1. The van der Waals surface area contributed by atoms with Crippen LogP contribution in [0.4, 0.5) is 10.1 Å². The molecular formula is C14H16FN3O2S. The van der Waals surface area contributed by atoms with Gasteiger partial charge in [0.2, 0.25) is 10.0 Å².